The molecule has 3 aliphatic rings. The molecule has 2 aromatic carbocycles. The molecule has 1 saturated heterocycles. The van der Waals surface area contributed by atoms with Crippen LogP contribution in [0.2, 0.25) is 0 Å². The molecule has 2 atom stereocenters. The van der Waals surface area contributed by atoms with Crippen LogP contribution in [-0.4, -0.2) is 53.7 Å². The molecule has 0 radical (unpaired) electrons. The maximum atomic E-state index is 13.7. The number of nitrogens with zero attached hydrogens (tertiary/aromatic N) is 4. The lowest BCUT2D eigenvalue weighted by atomic mass is 9.72. The van der Waals surface area contributed by atoms with E-state index in [1.807, 2.05) is 47.3 Å². The number of hydrogen-bond donors (Lipinski definition) is 1. The first-order valence-electron chi connectivity index (χ1n) is 15.4. The molecular weight excluding hydrogens is 560 g/mol. The molecule has 0 amide bonds. The van der Waals surface area contributed by atoms with Crippen LogP contribution >= 0.6 is 0 Å². The van der Waals surface area contributed by atoms with Crippen LogP contribution in [0.4, 0.5) is 5.69 Å². The van der Waals surface area contributed by atoms with Crippen LogP contribution < -0.4 is 4.90 Å². The van der Waals surface area contributed by atoms with Gasteiger partial charge < -0.3 is 10.0 Å². The lowest BCUT2D eigenvalue weighted by molar-refractivity contribution is -0.125. The molecule has 43 heavy (non-hydrogen) atoms. The molecule has 9 heteroatoms. The number of carbonyl (C=O) groups excluding carboxylic acids is 1. The summed E-state index contributed by atoms with van der Waals surface area (Å²) in [5.41, 5.74) is 4.14. The van der Waals surface area contributed by atoms with Crippen molar-refractivity contribution < 1.29 is 18.3 Å². The third-order valence-electron chi connectivity index (χ3n) is 9.60. The van der Waals surface area contributed by atoms with Crippen molar-refractivity contribution >= 4 is 21.3 Å². The fourth-order valence-corrected chi connectivity index (χ4v) is 7.85. The van der Waals surface area contributed by atoms with Gasteiger partial charge in [0.15, 0.2) is 9.84 Å². The molecule has 2 heterocycles. The lowest BCUT2D eigenvalue weighted by Crippen LogP contribution is -2.40. The van der Waals surface area contributed by atoms with Crippen LogP contribution in [0.25, 0.3) is 16.8 Å². The summed E-state index contributed by atoms with van der Waals surface area (Å²) < 4.78 is 25.7. The van der Waals surface area contributed by atoms with Crippen LogP contribution in [0.3, 0.4) is 0 Å². The zero-order chi connectivity index (χ0) is 30.4. The van der Waals surface area contributed by atoms with Crippen molar-refractivity contribution in [3.63, 3.8) is 0 Å². The first-order chi connectivity index (χ1) is 20.5. The summed E-state index contributed by atoms with van der Waals surface area (Å²) >= 11 is 0. The van der Waals surface area contributed by atoms with Gasteiger partial charge in [-0.15, -0.1) is 0 Å². The van der Waals surface area contributed by atoms with Crippen molar-refractivity contribution in [2.24, 2.45) is 11.3 Å². The summed E-state index contributed by atoms with van der Waals surface area (Å²) in [6.45, 7) is 4.50. The van der Waals surface area contributed by atoms with Gasteiger partial charge in [0.1, 0.15) is 5.78 Å². The predicted octanol–water partition coefficient (Wildman–Crippen LogP) is 5.54. The number of nitriles is 1. The minimum atomic E-state index is -2.96. The Morgan fingerprint density at radius 1 is 1.02 bits per heavy atom. The SMILES string of the molecule is CC(C)(O)c1ccc(-n2cc(-c3ccc(N4CCS(=O)(=O)CC4)cc3)c([C@@H]3CCCC[C@H]3C(=O)CC3(C#N)CC3)n2)cc1. The highest BCUT2D eigenvalue weighted by Crippen LogP contribution is 2.51. The molecule has 2 saturated carbocycles. The molecule has 1 aliphatic heterocycles. The van der Waals surface area contributed by atoms with E-state index in [2.05, 4.69) is 23.1 Å². The Kier molecular flexibility index (Phi) is 7.72. The molecule has 6 rings (SSSR count). The summed E-state index contributed by atoms with van der Waals surface area (Å²) in [5, 5.41) is 25.2. The van der Waals surface area contributed by atoms with Gasteiger partial charge >= 0.3 is 0 Å². The van der Waals surface area contributed by atoms with E-state index < -0.39 is 20.9 Å². The second-order valence-electron chi connectivity index (χ2n) is 13.2. The van der Waals surface area contributed by atoms with Gasteiger partial charge in [-0.05, 0) is 74.9 Å². The Morgan fingerprint density at radius 3 is 2.26 bits per heavy atom. The molecule has 1 N–H and O–H groups in total. The van der Waals surface area contributed by atoms with Crippen molar-refractivity contribution in [1.82, 2.24) is 9.78 Å². The normalized spacial score (nSPS) is 23.0. The van der Waals surface area contributed by atoms with Crippen molar-refractivity contribution in [2.45, 2.75) is 70.3 Å². The minimum absolute atomic E-state index is 0.0328. The highest BCUT2D eigenvalue weighted by molar-refractivity contribution is 7.91. The summed E-state index contributed by atoms with van der Waals surface area (Å²) in [7, 11) is -2.96. The second-order valence-corrected chi connectivity index (χ2v) is 15.5. The smallest absolute Gasteiger partial charge is 0.153 e. The number of carbonyl (C=O) groups is 1. The zero-order valence-corrected chi connectivity index (χ0v) is 25.8. The van der Waals surface area contributed by atoms with E-state index in [-0.39, 0.29) is 29.1 Å². The van der Waals surface area contributed by atoms with Crippen molar-refractivity contribution in [1.29, 1.82) is 5.26 Å². The van der Waals surface area contributed by atoms with E-state index in [0.717, 1.165) is 72.3 Å². The molecule has 3 aromatic rings. The van der Waals surface area contributed by atoms with Crippen molar-refractivity contribution in [3.05, 3.63) is 66.0 Å². The molecule has 0 unspecified atom stereocenters. The Labute approximate surface area is 254 Å². The molecule has 0 bridgehead atoms. The monoisotopic (exact) mass is 600 g/mol. The highest BCUT2D eigenvalue weighted by atomic mass is 32.2. The van der Waals surface area contributed by atoms with Crippen molar-refractivity contribution in [3.8, 4) is 22.9 Å². The standard InChI is InChI=1S/C34H40N4O4S/c1-33(2,40)25-9-13-27(14-10-25)38-22-30(24-7-11-26(12-8-24)37-17-19-43(41,42)20-18-37)32(36-38)29-6-4-3-5-28(29)31(39)21-34(23-35)15-16-34/h7-14,22,28-29,40H,3-6,15-21H2,1-2H3/t28-,29-/m1/s1. The summed E-state index contributed by atoms with van der Waals surface area (Å²) in [6.07, 6.45) is 7.70. The maximum absolute atomic E-state index is 13.7. The molecule has 3 fully saturated rings. The molecule has 2 aliphatic carbocycles. The van der Waals surface area contributed by atoms with E-state index in [4.69, 9.17) is 5.10 Å². The average Bonchev–Trinajstić information content (AvgIpc) is 3.63. The van der Waals surface area contributed by atoms with Crippen LogP contribution in [0, 0.1) is 22.7 Å². The van der Waals surface area contributed by atoms with E-state index in [1.54, 1.807) is 13.8 Å². The summed E-state index contributed by atoms with van der Waals surface area (Å²) in [4.78, 5) is 15.8. The molecule has 0 spiro atoms. The van der Waals surface area contributed by atoms with Gasteiger partial charge in [-0.1, -0.05) is 37.1 Å². The van der Waals surface area contributed by atoms with Gasteiger partial charge in [0, 0.05) is 48.8 Å². The topological polar surface area (TPSA) is 116 Å². The minimum Gasteiger partial charge on any atom is -0.386 e. The van der Waals surface area contributed by atoms with E-state index in [0.29, 0.717) is 19.5 Å². The van der Waals surface area contributed by atoms with Gasteiger partial charge in [-0.25, -0.2) is 13.1 Å². The number of aliphatic hydroxyl groups is 1. The van der Waals surface area contributed by atoms with Crippen LogP contribution in [-0.2, 0) is 20.2 Å². The fourth-order valence-electron chi connectivity index (χ4n) is 6.65. The lowest BCUT2D eigenvalue weighted by Gasteiger charge is -2.31. The number of rotatable bonds is 8. The number of aromatic nitrogens is 2. The number of Topliss-reactive ketones (excluding diaryl/α,β-unsaturated/α-hetero) is 1. The Morgan fingerprint density at radius 2 is 1.65 bits per heavy atom. The first kappa shape index (κ1) is 29.6. The van der Waals surface area contributed by atoms with Gasteiger partial charge in [-0.3, -0.25) is 4.79 Å². The Bertz CT molecular complexity index is 1630. The number of hydrogen-bond acceptors (Lipinski definition) is 7. The van der Waals surface area contributed by atoms with Gasteiger partial charge in [0.05, 0.1) is 40.0 Å². The van der Waals surface area contributed by atoms with Crippen molar-refractivity contribution in [2.75, 3.05) is 29.5 Å². The fraction of sp³-hybridized carbons (Fsp3) is 0.500. The first-order valence-corrected chi connectivity index (χ1v) is 17.2. The van der Waals surface area contributed by atoms with E-state index in [9.17, 15) is 23.6 Å². The number of sulfone groups is 1. The largest absolute Gasteiger partial charge is 0.386 e. The van der Waals surface area contributed by atoms with Gasteiger partial charge in [0.25, 0.3) is 0 Å². The molecule has 1 aromatic heterocycles. The number of benzene rings is 2. The van der Waals surface area contributed by atoms with E-state index >= 15 is 0 Å². The second kappa shape index (κ2) is 11.2. The quantitative estimate of drug-likeness (QED) is 0.361. The predicted molar refractivity (Wildman–Crippen MR) is 167 cm³/mol. The molecular formula is C34H40N4O4S. The zero-order valence-electron chi connectivity index (χ0n) is 25.0. The van der Waals surface area contributed by atoms with Crippen LogP contribution in [0.1, 0.15) is 76.0 Å². The van der Waals surface area contributed by atoms with Gasteiger partial charge in [-0.2, -0.15) is 10.4 Å². The molecule has 8 nitrogen and oxygen atoms in total. The Balaban J connectivity index is 1.35. The van der Waals surface area contributed by atoms with Crippen LogP contribution in [0.15, 0.2) is 54.7 Å². The Hall–Kier alpha value is -3.48. The average molecular weight is 601 g/mol. The summed E-state index contributed by atoms with van der Waals surface area (Å²) in [5.74, 6) is 0.335. The third kappa shape index (κ3) is 6.27. The number of anilines is 1. The van der Waals surface area contributed by atoms with E-state index in [1.165, 1.54) is 0 Å². The maximum Gasteiger partial charge on any atom is 0.153 e. The molecule has 226 valence electrons. The van der Waals surface area contributed by atoms with Crippen LogP contribution in [0.5, 0.6) is 0 Å². The van der Waals surface area contributed by atoms with Gasteiger partial charge in [0.2, 0.25) is 0 Å². The summed E-state index contributed by atoms with van der Waals surface area (Å²) in [6, 6.07) is 18.3. The third-order valence-corrected chi connectivity index (χ3v) is 11.2. The number of ketones is 1. The highest BCUT2D eigenvalue weighted by Gasteiger charge is 2.47.